The van der Waals surface area contributed by atoms with Gasteiger partial charge >= 0.3 is 5.97 Å². The molecule has 0 aromatic rings. The molecule has 1 aliphatic rings. The first kappa shape index (κ1) is 15.4. The molecule has 0 radical (unpaired) electrons. The highest BCUT2D eigenvalue weighted by Gasteiger charge is 2.45. The number of primary amides is 1. The minimum Gasteiger partial charge on any atom is -0.480 e. The van der Waals surface area contributed by atoms with E-state index in [1.165, 1.54) is 0 Å². The quantitative estimate of drug-likeness (QED) is 0.448. The lowest BCUT2D eigenvalue weighted by Crippen LogP contribution is -2.54. The molecule has 0 spiro atoms. The van der Waals surface area contributed by atoms with Crippen molar-refractivity contribution >= 4 is 17.8 Å². The SMILES string of the molecule is CC1(C(=O)N[C@H](CCC(N)=O)C(=O)O)COCC1N. The molecule has 2 amide bonds. The molecular formula is C11H19N3O5. The Morgan fingerprint density at radius 1 is 1.53 bits per heavy atom. The Labute approximate surface area is 110 Å². The maximum atomic E-state index is 12.1. The first-order chi connectivity index (χ1) is 8.77. The van der Waals surface area contributed by atoms with E-state index in [0.29, 0.717) is 0 Å². The van der Waals surface area contributed by atoms with E-state index >= 15 is 0 Å². The van der Waals surface area contributed by atoms with E-state index in [9.17, 15) is 14.4 Å². The van der Waals surface area contributed by atoms with Crippen molar-refractivity contribution in [1.29, 1.82) is 0 Å². The van der Waals surface area contributed by atoms with Gasteiger partial charge in [-0.2, -0.15) is 0 Å². The van der Waals surface area contributed by atoms with Crippen LogP contribution in [-0.2, 0) is 19.1 Å². The number of carboxylic acids is 1. The normalized spacial score (nSPS) is 27.8. The van der Waals surface area contributed by atoms with Gasteiger partial charge in [0.1, 0.15) is 6.04 Å². The summed E-state index contributed by atoms with van der Waals surface area (Å²) in [5.74, 6) is -2.33. The van der Waals surface area contributed by atoms with Crippen LogP contribution in [0.15, 0.2) is 0 Å². The smallest absolute Gasteiger partial charge is 0.326 e. The second kappa shape index (κ2) is 5.98. The van der Waals surface area contributed by atoms with Gasteiger partial charge in [-0.25, -0.2) is 4.79 Å². The summed E-state index contributed by atoms with van der Waals surface area (Å²) in [7, 11) is 0. The number of amides is 2. The van der Waals surface area contributed by atoms with Crippen LogP contribution in [0.1, 0.15) is 19.8 Å². The molecule has 1 aliphatic heterocycles. The summed E-state index contributed by atoms with van der Waals surface area (Å²) in [5.41, 5.74) is 9.78. The summed E-state index contributed by atoms with van der Waals surface area (Å²) >= 11 is 0. The number of carbonyl (C=O) groups is 3. The van der Waals surface area contributed by atoms with Crippen LogP contribution in [0.25, 0.3) is 0 Å². The van der Waals surface area contributed by atoms with Crippen LogP contribution in [0.3, 0.4) is 0 Å². The molecule has 0 aromatic carbocycles. The van der Waals surface area contributed by atoms with Gasteiger partial charge in [0.05, 0.1) is 18.6 Å². The highest BCUT2D eigenvalue weighted by molar-refractivity contribution is 5.88. The van der Waals surface area contributed by atoms with Crippen molar-refractivity contribution in [3.8, 4) is 0 Å². The Hall–Kier alpha value is -1.67. The molecule has 1 rings (SSSR count). The molecule has 108 valence electrons. The number of ether oxygens (including phenoxy) is 1. The van der Waals surface area contributed by atoms with Crippen molar-refractivity contribution < 1.29 is 24.2 Å². The van der Waals surface area contributed by atoms with Crippen LogP contribution in [-0.4, -0.2) is 48.2 Å². The number of carbonyl (C=O) groups excluding carboxylic acids is 2. The molecule has 8 nitrogen and oxygen atoms in total. The Morgan fingerprint density at radius 2 is 2.16 bits per heavy atom. The van der Waals surface area contributed by atoms with Crippen LogP contribution in [0.5, 0.6) is 0 Å². The van der Waals surface area contributed by atoms with Gasteiger partial charge in [-0.3, -0.25) is 9.59 Å². The van der Waals surface area contributed by atoms with Crippen molar-refractivity contribution in [3.63, 3.8) is 0 Å². The number of aliphatic carboxylic acids is 1. The molecule has 0 aromatic heterocycles. The molecule has 19 heavy (non-hydrogen) atoms. The number of nitrogens with two attached hydrogens (primary N) is 2. The fourth-order valence-electron chi connectivity index (χ4n) is 1.79. The summed E-state index contributed by atoms with van der Waals surface area (Å²) in [6.07, 6.45) is -0.168. The summed E-state index contributed by atoms with van der Waals surface area (Å²) < 4.78 is 5.13. The molecule has 1 heterocycles. The van der Waals surface area contributed by atoms with E-state index in [1.807, 2.05) is 0 Å². The highest BCUT2D eigenvalue weighted by atomic mass is 16.5. The molecule has 0 aliphatic carbocycles. The molecule has 6 N–H and O–H groups in total. The van der Waals surface area contributed by atoms with E-state index in [-0.39, 0.29) is 26.1 Å². The van der Waals surface area contributed by atoms with Gasteiger partial charge in [0.15, 0.2) is 0 Å². The van der Waals surface area contributed by atoms with Gasteiger partial charge in [0, 0.05) is 12.5 Å². The van der Waals surface area contributed by atoms with Gasteiger partial charge in [-0.15, -0.1) is 0 Å². The summed E-state index contributed by atoms with van der Waals surface area (Å²) in [5, 5.41) is 11.4. The average Bonchev–Trinajstić information content (AvgIpc) is 2.65. The lowest BCUT2D eigenvalue weighted by Gasteiger charge is -2.27. The second-order valence-corrected chi connectivity index (χ2v) is 4.91. The third-order valence-electron chi connectivity index (χ3n) is 3.32. The highest BCUT2D eigenvalue weighted by Crippen LogP contribution is 2.27. The minimum absolute atomic E-state index is 0.0530. The monoisotopic (exact) mass is 273 g/mol. The van der Waals surface area contributed by atoms with Gasteiger partial charge in [-0.05, 0) is 13.3 Å². The van der Waals surface area contributed by atoms with Gasteiger partial charge in [-0.1, -0.05) is 0 Å². The molecule has 1 fully saturated rings. The van der Waals surface area contributed by atoms with Crippen molar-refractivity contribution in [2.45, 2.75) is 31.8 Å². The van der Waals surface area contributed by atoms with Crippen molar-refractivity contribution in [1.82, 2.24) is 5.32 Å². The maximum Gasteiger partial charge on any atom is 0.326 e. The topological polar surface area (TPSA) is 145 Å². The predicted octanol–water partition coefficient (Wildman–Crippen LogP) is -1.81. The Bertz CT molecular complexity index is 387. The molecule has 2 unspecified atom stereocenters. The summed E-state index contributed by atoms with van der Waals surface area (Å²) in [6, 6.07) is -1.65. The first-order valence-corrected chi connectivity index (χ1v) is 5.92. The predicted molar refractivity (Wildman–Crippen MR) is 64.9 cm³/mol. The van der Waals surface area contributed by atoms with E-state index in [4.69, 9.17) is 21.3 Å². The number of hydrogen-bond donors (Lipinski definition) is 4. The van der Waals surface area contributed by atoms with Crippen LogP contribution < -0.4 is 16.8 Å². The maximum absolute atomic E-state index is 12.1. The number of rotatable bonds is 6. The van der Waals surface area contributed by atoms with E-state index in [2.05, 4.69) is 5.32 Å². The zero-order valence-corrected chi connectivity index (χ0v) is 10.7. The lowest BCUT2D eigenvalue weighted by molar-refractivity contribution is -0.144. The summed E-state index contributed by atoms with van der Waals surface area (Å²) in [6.45, 7) is 2.01. The van der Waals surface area contributed by atoms with Gasteiger partial charge < -0.3 is 26.6 Å². The van der Waals surface area contributed by atoms with E-state index in [1.54, 1.807) is 6.92 Å². The standard InChI is InChI=1S/C11H19N3O5/c1-11(5-19-4-7(11)12)10(18)14-6(9(16)17)2-3-8(13)15/h6-7H,2-5,12H2,1H3,(H2,13,15)(H,14,18)(H,16,17)/t6-,7?,11?/m1/s1. The van der Waals surface area contributed by atoms with Crippen LogP contribution >= 0.6 is 0 Å². The fourth-order valence-corrected chi connectivity index (χ4v) is 1.79. The lowest BCUT2D eigenvalue weighted by atomic mass is 9.84. The Morgan fingerprint density at radius 3 is 2.58 bits per heavy atom. The zero-order valence-electron chi connectivity index (χ0n) is 10.7. The number of nitrogens with one attached hydrogen (secondary N) is 1. The molecule has 0 bridgehead atoms. The van der Waals surface area contributed by atoms with Crippen molar-refractivity contribution in [3.05, 3.63) is 0 Å². The molecular weight excluding hydrogens is 254 g/mol. The van der Waals surface area contributed by atoms with Gasteiger partial charge in [0.2, 0.25) is 11.8 Å². The fraction of sp³-hybridized carbons (Fsp3) is 0.727. The number of carboxylic acid groups (broad SMARTS) is 1. The molecule has 1 saturated heterocycles. The molecule has 0 saturated carbocycles. The van der Waals surface area contributed by atoms with Crippen molar-refractivity contribution in [2.24, 2.45) is 16.9 Å². The largest absolute Gasteiger partial charge is 0.480 e. The molecule has 3 atom stereocenters. The third kappa shape index (κ3) is 3.65. The van der Waals surface area contributed by atoms with E-state index in [0.717, 1.165) is 0 Å². The average molecular weight is 273 g/mol. The van der Waals surface area contributed by atoms with E-state index < -0.39 is 35.3 Å². The van der Waals surface area contributed by atoms with Crippen LogP contribution in [0.2, 0.25) is 0 Å². The van der Waals surface area contributed by atoms with Gasteiger partial charge in [0.25, 0.3) is 0 Å². The second-order valence-electron chi connectivity index (χ2n) is 4.91. The Balaban J connectivity index is 2.66. The van der Waals surface area contributed by atoms with Crippen LogP contribution in [0.4, 0.5) is 0 Å². The summed E-state index contributed by atoms with van der Waals surface area (Å²) in [4.78, 5) is 33.8. The zero-order chi connectivity index (χ0) is 14.6. The first-order valence-electron chi connectivity index (χ1n) is 5.92. The third-order valence-corrected chi connectivity index (χ3v) is 3.32. The van der Waals surface area contributed by atoms with Crippen molar-refractivity contribution in [2.75, 3.05) is 13.2 Å². The molecule has 8 heteroatoms. The van der Waals surface area contributed by atoms with Crippen LogP contribution in [0, 0.1) is 5.41 Å². The number of hydrogen-bond acceptors (Lipinski definition) is 5. The Kier molecular flexibility index (Phi) is 4.84. The minimum atomic E-state index is -1.22.